The van der Waals surface area contributed by atoms with Gasteiger partial charge in [-0.3, -0.25) is 9.59 Å². The standard InChI is InChI=1S/C25H29F2N3O3/c1-15-21(16-6-4-3-5-7-16)19-12-17(13-20(22(19)33-15)24(32)28-2)23(31)30-10-8-18-14-29-11-9-25(18,26)27/h3-7,12-13,15,18,21,29H,8-11,14H2,1-2H3,(H,28,32)(H,30,31)/t15?,18?,21-/m0/s1. The molecule has 33 heavy (non-hydrogen) atoms. The maximum absolute atomic E-state index is 14.1. The summed E-state index contributed by atoms with van der Waals surface area (Å²) in [5, 5.41) is 8.34. The smallest absolute Gasteiger partial charge is 0.254 e. The highest BCUT2D eigenvalue weighted by Crippen LogP contribution is 2.45. The quantitative estimate of drug-likeness (QED) is 0.622. The maximum atomic E-state index is 14.1. The molecule has 1 fully saturated rings. The number of hydrogen-bond acceptors (Lipinski definition) is 4. The lowest BCUT2D eigenvalue weighted by Gasteiger charge is -2.31. The molecule has 2 amide bonds. The molecule has 2 aliphatic rings. The lowest BCUT2D eigenvalue weighted by molar-refractivity contribution is -0.0801. The fourth-order valence-corrected chi connectivity index (χ4v) is 4.73. The monoisotopic (exact) mass is 457 g/mol. The van der Waals surface area contributed by atoms with Crippen molar-refractivity contribution in [2.24, 2.45) is 5.92 Å². The van der Waals surface area contributed by atoms with Gasteiger partial charge in [0.1, 0.15) is 11.9 Å². The first kappa shape index (κ1) is 23.2. The molecular weight excluding hydrogens is 428 g/mol. The van der Waals surface area contributed by atoms with E-state index < -0.39 is 17.7 Å². The number of carbonyl (C=O) groups excluding carboxylic acids is 2. The van der Waals surface area contributed by atoms with E-state index in [1.807, 2.05) is 37.3 Å². The van der Waals surface area contributed by atoms with E-state index in [1.165, 1.54) is 13.1 Å². The van der Waals surface area contributed by atoms with E-state index >= 15 is 0 Å². The minimum atomic E-state index is -2.73. The van der Waals surface area contributed by atoms with Gasteiger partial charge in [-0.1, -0.05) is 30.3 Å². The van der Waals surface area contributed by atoms with Gasteiger partial charge >= 0.3 is 0 Å². The lowest BCUT2D eigenvalue weighted by atomic mass is 9.87. The molecule has 2 unspecified atom stereocenters. The number of carbonyl (C=O) groups is 2. The van der Waals surface area contributed by atoms with Crippen molar-refractivity contribution in [2.75, 3.05) is 26.7 Å². The molecule has 176 valence electrons. The Bertz CT molecular complexity index is 1030. The number of benzene rings is 2. The summed E-state index contributed by atoms with van der Waals surface area (Å²) in [6.45, 7) is 2.60. The number of halogens is 2. The number of nitrogens with one attached hydrogen (secondary N) is 3. The van der Waals surface area contributed by atoms with Crippen LogP contribution in [-0.2, 0) is 0 Å². The number of fused-ring (bicyclic) bond motifs is 1. The predicted octanol–water partition coefficient (Wildman–Crippen LogP) is 3.32. The third-order valence-corrected chi connectivity index (χ3v) is 6.52. The summed E-state index contributed by atoms with van der Waals surface area (Å²) in [6, 6.07) is 13.0. The largest absolute Gasteiger partial charge is 0.489 e. The minimum Gasteiger partial charge on any atom is -0.489 e. The Morgan fingerprint density at radius 1 is 1.18 bits per heavy atom. The Balaban J connectivity index is 1.58. The summed E-state index contributed by atoms with van der Waals surface area (Å²) < 4.78 is 34.2. The zero-order chi connectivity index (χ0) is 23.6. The average molecular weight is 458 g/mol. The molecule has 1 saturated heterocycles. The van der Waals surface area contributed by atoms with Crippen molar-refractivity contribution in [3.05, 3.63) is 64.7 Å². The molecule has 0 saturated carbocycles. The van der Waals surface area contributed by atoms with Gasteiger partial charge in [0.25, 0.3) is 17.7 Å². The average Bonchev–Trinajstić information content (AvgIpc) is 3.14. The molecule has 4 rings (SSSR count). The first-order valence-corrected chi connectivity index (χ1v) is 11.3. The van der Waals surface area contributed by atoms with Crippen LogP contribution < -0.4 is 20.7 Å². The third kappa shape index (κ3) is 4.71. The van der Waals surface area contributed by atoms with Gasteiger partial charge < -0.3 is 20.7 Å². The molecule has 3 N–H and O–H groups in total. The van der Waals surface area contributed by atoms with E-state index in [0.717, 1.165) is 11.1 Å². The van der Waals surface area contributed by atoms with Gasteiger partial charge in [-0.2, -0.15) is 0 Å². The number of piperidine rings is 1. The molecule has 0 bridgehead atoms. The van der Waals surface area contributed by atoms with Crippen LogP contribution in [0.3, 0.4) is 0 Å². The molecule has 8 heteroatoms. The molecule has 2 aromatic carbocycles. The zero-order valence-corrected chi connectivity index (χ0v) is 18.8. The van der Waals surface area contributed by atoms with Crippen LogP contribution in [0.4, 0.5) is 8.78 Å². The summed E-state index contributed by atoms with van der Waals surface area (Å²) in [4.78, 5) is 25.5. The van der Waals surface area contributed by atoms with Crippen molar-refractivity contribution in [1.82, 2.24) is 16.0 Å². The molecular formula is C25H29F2N3O3. The number of rotatable bonds is 6. The number of alkyl halides is 2. The van der Waals surface area contributed by atoms with E-state index in [4.69, 9.17) is 4.74 Å². The van der Waals surface area contributed by atoms with Crippen LogP contribution in [0.5, 0.6) is 5.75 Å². The highest BCUT2D eigenvalue weighted by Gasteiger charge is 2.41. The second-order valence-corrected chi connectivity index (χ2v) is 8.69. The van der Waals surface area contributed by atoms with E-state index in [2.05, 4.69) is 16.0 Å². The van der Waals surface area contributed by atoms with Gasteiger partial charge in [0.05, 0.1) is 5.56 Å². The van der Waals surface area contributed by atoms with Crippen molar-refractivity contribution >= 4 is 11.8 Å². The van der Waals surface area contributed by atoms with Crippen molar-refractivity contribution in [3.8, 4) is 5.75 Å². The van der Waals surface area contributed by atoms with E-state index in [1.54, 1.807) is 6.07 Å². The second kappa shape index (κ2) is 9.47. The maximum Gasteiger partial charge on any atom is 0.254 e. The zero-order valence-electron chi connectivity index (χ0n) is 18.8. The van der Waals surface area contributed by atoms with Crippen molar-refractivity contribution in [1.29, 1.82) is 0 Å². The summed E-state index contributed by atoms with van der Waals surface area (Å²) in [5.74, 6) is -3.96. The summed E-state index contributed by atoms with van der Waals surface area (Å²) in [6.07, 6.45) is -0.235. The molecule has 2 heterocycles. The summed E-state index contributed by atoms with van der Waals surface area (Å²) in [5.41, 5.74) is 2.38. The van der Waals surface area contributed by atoms with Crippen molar-refractivity contribution in [2.45, 2.75) is 37.7 Å². The SMILES string of the molecule is CNC(=O)c1cc(C(=O)NCCC2CNCCC2(F)F)cc2c1OC(C)[C@H]2c1ccccc1. The first-order valence-electron chi connectivity index (χ1n) is 11.3. The molecule has 3 atom stereocenters. The summed E-state index contributed by atoms with van der Waals surface area (Å²) >= 11 is 0. The summed E-state index contributed by atoms with van der Waals surface area (Å²) in [7, 11) is 1.52. The Morgan fingerprint density at radius 3 is 2.64 bits per heavy atom. The molecule has 0 spiro atoms. The Morgan fingerprint density at radius 2 is 1.94 bits per heavy atom. The number of hydrogen-bond donors (Lipinski definition) is 3. The van der Waals surface area contributed by atoms with Crippen LogP contribution in [0.25, 0.3) is 0 Å². The van der Waals surface area contributed by atoms with E-state index in [-0.39, 0.29) is 49.4 Å². The fraction of sp³-hybridized carbons (Fsp3) is 0.440. The van der Waals surface area contributed by atoms with Gasteiger partial charge in [0, 0.05) is 56.1 Å². The van der Waals surface area contributed by atoms with Crippen LogP contribution in [0.15, 0.2) is 42.5 Å². The van der Waals surface area contributed by atoms with Gasteiger partial charge in [-0.15, -0.1) is 0 Å². The van der Waals surface area contributed by atoms with Crippen LogP contribution in [0, 0.1) is 5.92 Å². The van der Waals surface area contributed by atoms with Crippen molar-refractivity contribution < 1.29 is 23.1 Å². The third-order valence-electron chi connectivity index (χ3n) is 6.52. The topological polar surface area (TPSA) is 79.5 Å². The highest BCUT2D eigenvalue weighted by molar-refractivity contribution is 6.02. The minimum absolute atomic E-state index is 0.127. The lowest BCUT2D eigenvalue weighted by Crippen LogP contribution is -2.45. The van der Waals surface area contributed by atoms with Gasteiger partial charge in [0.15, 0.2) is 0 Å². The highest BCUT2D eigenvalue weighted by atomic mass is 19.3. The van der Waals surface area contributed by atoms with Crippen LogP contribution in [-0.4, -0.2) is 50.5 Å². The van der Waals surface area contributed by atoms with Crippen LogP contribution in [0.2, 0.25) is 0 Å². The predicted molar refractivity (Wildman–Crippen MR) is 121 cm³/mol. The van der Waals surface area contributed by atoms with Crippen LogP contribution in [0.1, 0.15) is 57.5 Å². The van der Waals surface area contributed by atoms with Crippen molar-refractivity contribution in [3.63, 3.8) is 0 Å². The van der Waals surface area contributed by atoms with E-state index in [0.29, 0.717) is 17.9 Å². The molecule has 0 radical (unpaired) electrons. The number of amides is 2. The van der Waals surface area contributed by atoms with E-state index in [9.17, 15) is 18.4 Å². The normalized spacial score (nSPS) is 23.3. The first-order chi connectivity index (χ1) is 15.8. The van der Waals surface area contributed by atoms with Crippen LogP contribution >= 0.6 is 0 Å². The Hall–Kier alpha value is -3.00. The second-order valence-electron chi connectivity index (χ2n) is 8.69. The molecule has 0 aliphatic carbocycles. The molecule has 2 aliphatic heterocycles. The fourth-order valence-electron chi connectivity index (χ4n) is 4.73. The Kier molecular flexibility index (Phi) is 6.65. The number of ether oxygens (including phenoxy) is 1. The molecule has 0 aromatic heterocycles. The molecule has 6 nitrogen and oxygen atoms in total. The van der Waals surface area contributed by atoms with Gasteiger partial charge in [-0.05, 0) is 31.0 Å². The van der Waals surface area contributed by atoms with Gasteiger partial charge in [0.2, 0.25) is 0 Å². The Labute approximate surface area is 192 Å². The van der Waals surface area contributed by atoms with Gasteiger partial charge in [-0.25, -0.2) is 8.78 Å². The molecule has 2 aromatic rings.